The fraction of sp³-hybridized carbons (Fsp3) is 0.150. The van der Waals surface area contributed by atoms with E-state index in [-0.39, 0.29) is 11.2 Å². The van der Waals surface area contributed by atoms with E-state index in [9.17, 15) is 0 Å². The Morgan fingerprint density at radius 3 is 2.52 bits per heavy atom. The predicted molar refractivity (Wildman–Crippen MR) is 112 cm³/mol. The average molecular weight is 396 g/mol. The largest absolute Gasteiger partial charge is 0.375 e. The molecule has 27 heavy (non-hydrogen) atoms. The van der Waals surface area contributed by atoms with Crippen molar-refractivity contribution in [3.63, 3.8) is 0 Å². The zero-order valence-electron chi connectivity index (χ0n) is 14.7. The van der Waals surface area contributed by atoms with E-state index in [1.165, 1.54) is 0 Å². The van der Waals surface area contributed by atoms with E-state index < -0.39 is 0 Å². The van der Waals surface area contributed by atoms with Crippen molar-refractivity contribution >= 4 is 34.6 Å². The van der Waals surface area contributed by atoms with E-state index in [4.69, 9.17) is 29.6 Å². The molecule has 3 aromatic rings. The van der Waals surface area contributed by atoms with Gasteiger partial charge in [-0.25, -0.2) is 9.69 Å². The van der Waals surface area contributed by atoms with Crippen molar-refractivity contribution in [2.45, 2.75) is 19.4 Å². The lowest BCUT2D eigenvalue weighted by atomic mass is 9.99. The van der Waals surface area contributed by atoms with E-state index >= 15 is 0 Å². The number of rotatable bonds is 3. The zero-order chi connectivity index (χ0) is 19.0. The minimum Gasteiger partial charge on any atom is -0.375 e. The first-order valence-electron chi connectivity index (χ1n) is 8.56. The zero-order valence-corrected chi connectivity index (χ0v) is 16.3. The third-order valence-electron chi connectivity index (χ3n) is 4.72. The van der Waals surface area contributed by atoms with Crippen LogP contribution in [0.3, 0.4) is 0 Å². The van der Waals surface area contributed by atoms with Crippen molar-refractivity contribution in [3.05, 3.63) is 82.6 Å². The Bertz CT molecular complexity index is 1010. The molecule has 1 unspecified atom stereocenters. The molecule has 136 valence electrons. The summed E-state index contributed by atoms with van der Waals surface area (Å²) in [5, 5.41) is 11.9. The SMILES string of the molecule is Cc1c(C2CC(c3ccc(Cl)cc3)=NN2C(N)=S)cnn1-c1ccccc1. The monoisotopic (exact) mass is 395 g/mol. The molecule has 1 aromatic heterocycles. The van der Waals surface area contributed by atoms with Crippen LogP contribution in [0.15, 0.2) is 65.9 Å². The van der Waals surface area contributed by atoms with Gasteiger partial charge in [0, 0.05) is 22.7 Å². The molecule has 1 aliphatic heterocycles. The molecule has 2 heterocycles. The van der Waals surface area contributed by atoms with Gasteiger partial charge in [0.1, 0.15) is 0 Å². The molecule has 1 atom stereocenters. The Kier molecular flexibility index (Phi) is 4.68. The molecule has 2 aromatic carbocycles. The van der Waals surface area contributed by atoms with Gasteiger partial charge in [-0.15, -0.1) is 0 Å². The highest BCUT2D eigenvalue weighted by Gasteiger charge is 2.33. The third kappa shape index (κ3) is 3.34. The maximum atomic E-state index is 6.00. The Labute approximate surface area is 168 Å². The van der Waals surface area contributed by atoms with Crippen LogP contribution in [0, 0.1) is 6.92 Å². The molecule has 2 N–H and O–H groups in total. The van der Waals surface area contributed by atoms with Crippen molar-refractivity contribution in [2.24, 2.45) is 10.8 Å². The Morgan fingerprint density at radius 1 is 1.15 bits per heavy atom. The van der Waals surface area contributed by atoms with Crippen molar-refractivity contribution in [1.29, 1.82) is 0 Å². The number of nitrogens with two attached hydrogens (primary N) is 1. The second-order valence-electron chi connectivity index (χ2n) is 6.39. The number of halogens is 1. The van der Waals surface area contributed by atoms with Crippen LogP contribution in [0.2, 0.25) is 5.02 Å². The smallest absolute Gasteiger partial charge is 0.187 e. The number of nitrogens with zero attached hydrogens (tertiary/aromatic N) is 4. The number of hydrogen-bond donors (Lipinski definition) is 1. The number of hydrogen-bond acceptors (Lipinski definition) is 3. The number of para-hydroxylation sites is 1. The molecule has 0 fully saturated rings. The highest BCUT2D eigenvalue weighted by molar-refractivity contribution is 7.80. The summed E-state index contributed by atoms with van der Waals surface area (Å²) in [6, 6.07) is 17.6. The summed E-state index contributed by atoms with van der Waals surface area (Å²) in [7, 11) is 0. The fourth-order valence-electron chi connectivity index (χ4n) is 3.35. The number of aromatic nitrogens is 2. The quantitative estimate of drug-likeness (QED) is 0.674. The Morgan fingerprint density at radius 2 is 1.85 bits per heavy atom. The van der Waals surface area contributed by atoms with E-state index in [0.717, 1.165) is 28.2 Å². The molecule has 0 bridgehead atoms. The molecule has 0 spiro atoms. The van der Waals surface area contributed by atoms with E-state index in [0.29, 0.717) is 11.4 Å². The molecule has 0 amide bonds. The first kappa shape index (κ1) is 17.7. The number of benzene rings is 2. The first-order valence-corrected chi connectivity index (χ1v) is 9.35. The van der Waals surface area contributed by atoms with Gasteiger partial charge < -0.3 is 5.73 Å². The topological polar surface area (TPSA) is 59.4 Å². The van der Waals surface area contributed by atoms with Crippen LogP contribution in [0.5, 0.6) is 0 Å². The summed E-state index contributed by atoms with van der Waals surface area (Å²) >= 11 is 11.2. The van der Waals surface area contributed by atoms with Gasteiger partial charge in [-0.2, -0.15) is 10.2 Å². The minimum atomic E-state index is -0.0781. The van der Waals surface area contributed by atoms with Gasteiger partial charge in [-0.3, -0.25) is 0 Å². The standard InChI is InChI=1S/C20H18ClN5S/c1-13-17(12-23-25(13)16-5-3-2-4-6-16)19-11-18(24-26(19)20(22)27)14-7-9-15(21)10-8-14/h2-10,12,19H,11H2,1H3,(H2,22,27). The average Bonchev–Trinajstić information content (AvgIpc) is 3.27. The maximum absolute atomic E-state index is 6.00. The third-order valence-corrected chi connectivity index (χ3v) is 5.16. The molecule has 0 aliphatic carbocycles. The van der Waals surface area contributed by atoms with Crippen molar-refractivity contribution < 1.29 is 0 Å². The molecule has 7 heteroatoms. The highest BCUT2D eigenvalue weighted by Crippen LogP contribution is 2.34. The molecule has 5 nitrogen and oxygen atoms in total. The van der Waals surface area contributed by atoms with Crippen LogP contribution in [0.25, 0.3) is 5.69 Å². The van der Waals surface area contributed by atoms with Gasteiger partial charge in [0.2, 0.25) is 0 Å². The van der Waals surface area contributed by atoms with Gasteiger partial charge in [-0.05, 0) is 49.0 Å². The number of thiocarbonyl (C=S) groups is 1. The van der Waals surface area contributed by atoms with Gasteiger partial charge in [-0.1, -0.05) is 41.9 Å². The lowest BCUT2D eigenvalue weighted by molar-refractivity contribution is 0.371. The van der Waals surface area contributed by atoms with Crippen LogP contribution in [0.1, 0.15) is 29.3 Å². The van der Waals surface area contributed by atoms with Crippen LogP contribution >= 0.6 is 23.8 Å². The molecule has 0 saturated heterocycles. The fourth-order valence-corrected chi connectivity index (χ4v) is 3.65. The summed E-state index contributed by atoms with van der Waals surface area (Å²) in [4.78, 5) is 0. The number of hydrazone groups is 1. The maximum Gasteiger partial charge on any atom is 0.187 e. The molecule has 0 saturated carbocycles. The summed E-state index contributed by atoms with van der Waals surface area (Å²) in [5.74, 6) is 0. The summed E-state index contributed by atoms with van der Waals surface area (Å²) in [5.41, 5.74) is 11.0. The summed E-state index contributed by atoms with van der Waals surface area (Å²) < 4.78 is 1.92. The lowest BCUT2D eigenvalue weighted by Gasteiger charge is -2.21. The van der Waals surface area contributed by atoms with Crippen LogP contribution < -0.4 is 5.73 Å². The van der Waals surface area contributed by atoms with Gasteiger partial charge in [0.25, 0.3) is 0 Å². The van der Waals surface area contributed by atoms with Crippen molar-refractivity contribution in [2.75, 3.05) is 0 Å². The van der Waals surface area contributed by atoms with E-state index in [1.54, 1.807) is 5.01 Å². The van der Waals surface area contributed by atoms with Gasteiger partial charge in [0.05, 0.1) is 23.6 Å². The van der Waals surface area contributed by atoms with E-state index in [2.05, 4.69) is 10.2 Å². The lowest BCUT2D eigenvalue weighted by Crippen LogP contribution is -2.31. The van der Waals surface area contributed by atoms with Crippen LogP contribution in [-0.4, -0.2) is 25.6 Å². The second kappa shape index (κ2) is 7.13. The van der Waals surface area contributed by atoms with E-state index in [1.807, 2.05) is 72.4 Å². The first-order chi connectivity index (χ1) is 13.0. The highest BCUT2D eigenvalue weighted by atomic mass is 35.5. The van der Waals surface area contributed by atoms with Gasteiger partial charge >= 0.3 is 0 Å². The van der Waals surface area contributed by atoms with Crippen LogP contribution in [0.4, 0.5) is 0 Å². The minimum absolute atomic E-state index is 0.0781. The normalized spacial score (nSPS) is 16.4. The Hall–Kier alpha value is -2.70. The molecule has 4 rings (SSSR count). The van der Waals surface area contributed by atoms with Crippen molar-refractivity contribution in [1.82, 2.24) is 14.8 Å². The van der Waals surface area contributed by atoms with Gasteiger partial charge in [0.15, 0.2) is 5.11 Å². The molecule has 0 radical (unpaired) electrons. The Balaban J connectivity index is 1.69. The van der Waals surface area contributed by atoms with Crippen LogP contribution in [-0.2, 0) is 0 Å². The molecule has 1 aliphatic rings. The second-order valence-corrected chi connectivity index (χ2v) is 7.24. The summed E-state index contributed by atoms with van der Waals surface area (Å²) in [6.45, 7) is 2.05. The predicted octanol–water partition coefficient (Wildman–Crippen LogP) is 4.23. The summed E-state index contributed by atoms with van der Waals surface area (Å²) in [6.07, 6.45) is 2.57. The molecular formula is C20H18ClN5S. The molecular weight excluding hydrogens is 378 g/mol. The van der Waals surface area contributed by atoms with Crippen molar-refractivity contribution in [3.8, 4) is 5.69 Å².